The van der Waals surface area contributed by atoms with Crippen molar-refractivity contribution >= 4 is 35.4 Å². The third-order valence-electron chi connectivity index (χ3n) is 3.41. The molecule has 1 amide bonds. The third-order valence-corrected chi connectivity index (χ3v) is 3.65. The molecule has 0 aliphatic carbocycles. The molecule has 0 radical (unpaired) electrons. The second-order valence-electron chi connectivity index (χ2n) is 5.45. The SMILES string of the molecule is COc1ccc(/C=N\OCC(=O)OCC(=O)Nc2cc(Cl)ccc2C)cc1. The van der Waals surface area contributed by atoms with Crippen molar-refractivity contribution in [1.29, 1.82) is 0 Å². The topological polar surface area (TPSA) is 86.2 Å². The number of amides is 1. The van der Waals surface area contributed by atoms with E-state index < -0.39 is 25.1 Å². The molecule has 0 bridgehead atoms. The van der Waals surface area contributed by atoms with Crippen molar-refractivity contribution in [3.05, 3.63) is 58.6 Å². The molecule has 0 saturated carbocycles. The number of oxime groups is 1. The fraction of sp³-hybridized carbons (Fsp3) is 0.211. The Morgan fingerprint density at radius 1 is 1.15 bits per heavy atom. The summed E-state index contributed by atoms with van der Waals surface area (Å²) in [5.41, 5.74) is 2.18. The molecule has 0 unspecified atom stereocenters. The van der Waals surface area contributed by atoms with Gasteiger partial charge in [-0.1, -0.05) is 22.8 Å². The van der Waals surface area contributed by atoms with Crippen molar-refractivity contribution in [3.63, 3.8) is 0 Å². The number of esters is 1. The largest absolute Gasteiger partial charge is 0.497 e. The highest BCUT2D eigenvalue weighted by Crippen LogP contribution is 2.19. The smallest absolute Gasteiger partial charge is 0.347 e. The van der Waals surface area contributed by atoms with Gasteiger partial charge in [0.15, 0.2) is 6.61 Å². The summed E-state index contributed by atoms with van der Waals surface area (Å²) in [4.78, 5) is 28.3. The van der Waals surface area contributed by atoms with Crippen LogP contribution in [0.25, 0.3) is 0 Å². The molecule has 0 aliphatic rings. The van der Waals surface area contributed by atoms with Crippen LogP contribution >= 0.6 is 11.6 Å². The van der Waals surface area contributed by atoms with E-state index in [4.69, 9.17) is 25.9 Å². The van der Waals surface area contributed by atoms with Gasteiger partial charge in [-0.05, 0) is 54.4 Å². The average Bonchev–Trinajstić information content (AvgIpc) is 2.67. The minimum Gasteiger partial charge on any atom is -0.497 e. The highest BCUT2D eigenvalue weighted by atomic mass is 35.5. The summed E-state index contributed by atoms with van der Waals surface area (Å²) in [6.07, 6.45) is 1.45. The second-order valence-corrected chi connectivity index (χ2v) is 5.89. The van der Waals surface area contributed by atoms with Gasteiger partial charge in [0.1, 0.15) is 5.75 Å². The number of halogens is 1. The third kappa shape index (κ3) is 6.99. The molecule has 0 aliphatic heterocycles. The van der Waals surface area contributed by atoms with E-state index >= 15 is 0 Å². The summed E-state index contributed by atoms with van der Waals surface area (Å²) in [5, 5.41) is 6.79. The summed E-state index contributed by atoms with van der Waals surface area (Å²) in [6.45, 7) is 0.985. The zero-order valence-electron chi connectivity index (χ0n) is 14.9. The van der Waals surface area contributed by atoms with E-state index in [9.17, 15) is 9.59 Å². The van der Waals surface area contributed by atoms with E-state index in [-0.39, 0.29) is 0 Å². The number of carbonyl (C=O) groups excluding carboxylic acids is 2. The lowest BCUT2D eigenvalue weighted by molar-refractivity contribution is -0.151. The second kappa shape index (κ2) is 10.2. The zero-order valence-corrected chi connectivity index (χ0v) is 15.7. The first-order valence-corrected chi connectivity index (χ1v) is 8.36. The van der Waals surface area contributed by atoms with Gasteiger partial charge in [-0.2, -0.15) is 0 Å². The number of ether oxygens (including phenoxy) is 2. The number of carbonyl (C=O) groups is 2. The van der Waals surface area contributed by atoms with Gasteiger partial charge in [0.25, 0.3) is 5.91 Å². The molecule has 0 saturated heterocycles. The molecule has 0 spiro atoms. The van der Waals surface area contributed by atoms with Gasteiger partial charge in [0, 0.05) is 10.7 Å². The number of hydrogen-bond acceptors (Lipinski definition) is 6. The predicted octanol–water partition coefficient (Wildman–Crippen LogP) is 3.19. The van der Waals surface area contributed by atoms with E-state index in [0.717, 1.165) is 16.9 Å². The highest BCUT2D eigenvalue weighted by Gasteiger charge is 2.10. The summed E-state index contributed by atoms with van der Waals surface area (Å²) >= 11 is 5.89. The lowest BCUT2D eigenvalue weighted by atomic mass is 10.2. The van der Waals surface area contributed by atoms with Crippen LogP contribution in [-0.2, 0) is 19.2 Å². The van der Waals surface area contributed by atoms with E-state index in [1.807, 2.05) is 6.92 Å². The van der Waals surface area contributed by atoms with E-state index in [1.54, 1.807) is 49.6 Å². The summed E-state index contributed by atoms with van der Waals surface area (Å²) < 4.78 is 9.88. The molecule has 0 atom stereocenters. The Labute approximate surface area is 161 Å². The lowest BCUT2D eigenvalue weighted by Gasteiger charge is -2.09. The first-order valence-electron chi connectivity index (χ1n) is 7.99. The monoisotopic (exact) mass is 390 g/mol. The molecule has 1 N–H and O–H groups in total. The van der Waals surface area contributed by atoms with Crippen molar-refractivity contribution in [2.24, 2.45) is 5.16 Å². The molecule has 0 heterocycles. The average molecular weight is 391 g/mol. The van der Waals surface area contributed by atoms with Crippen molar-refractivity contribution in [2.75, 3.05) is 25.6 Å². The number of hydrogen-bond donors (Lipinski definition) is 1. The number of anilines is 1. The molecule has 0 fully saturated rings. The van der Waals surface area contributed by atoms with E-state index in [0.29, 0.717) is 10.7 Å². The molecule has 27 heavy (non-hydrogen) atoms. The van der Waals surface area contributed by atoms with Gasteiger partial charge >= 0.3 is 5.97 Å². The fourth-order valence-electron chi connectivity index (χ4n) is 1.98. The number of nitrogens with one attached hydrogen (secondary N) is 1. The van der Waals surface area contributed by atoms with Crippen LogP contribution in [0.15, 0.2) is 47.6 Å². The first kappa shape index (κ1) is 20.3. The number of benzene rings is 2. The van der Waals surface area contributed by atoms with Crippen molar-refractivity contribution < 1.29 is 23.9 Å². The van der Waals surface area contributed by atoms with E-state index in [1.165, 1.54) is 6.21 Å². The molecule has 0 aromatic heterocycles. The van der Waals surface area contributed by atoms with Crippen LogP contribution in [0.4, 0.5) is 5.69 Å². The molecular formula is C19H19ClN2O5. The Balaban J connectivity index is 1.70. The van der Waals surface area contributed by atoms with E-state index in [2.05, 4.69) is 10.5 Å². The zero-order chi connectivity index (χ0) is 19.6. The maximum absolute atomic E-state index is 11.8. The van der Waals surface area contributed by atoms with Crippen molar-refractivity contribution in [1.82, 2.24) is 0 Å². The maximum atomic E-state index is 11.8. The maximum Gasteiger partial charge on any atom is 0.347 e. The number of rotatable bonds is 8. The Morgan fingerprint density at radius 3 is 2.59 bits per heavy atom. The molecule has 142 valence electrons. The number of nitrogens with zero attached hydrogens (tertiary/aromatic N) is 1. The van der Waals surface area contributed by atoms with Gasteiger partial charge in [-0.25, -0.2) is 4.79 Å². The fourth-order valence-corrected chi connectivity index (χ4v) is 2.15. The minimum absolute atomic E-state index is 0.407. The highest BCUT2D eigenvalue weighted by molar-refractivity contribution is 6.31. The van der Waals surface area contributed by atoms with Gasteiger partial charge < -0.3 is 19.6 Å². The number of aryl methyl sites for hydroxylation is 1. The van der Waals surface area contributed by atoms with Crippen LogP contribution < -0.4 is 10.1 Å². The van der Waals surface area contributed by atoms with Gasteiger partial charge in [0.2, 0.25) is 6.61 Å². The van der Waals surface area contributed by atoms with Gasteiger partial charge in [-0.3, -0.25) is 4.79 Å². The van der Waals surface area contributed by atoms with Crippen LogP contribution in [0.3, 0.4) is 0 Å². The summed E-state index contributed by atoms with van der Waals surface area (Å²) in [7, 11) is 1.58. The van der Waals surface area contributed by atoms with Crippen LogP contribution in [0.5, 0.6) is 5.75 Å². The quantitative estimate of drug-likeness (QED) is 0.425. The van der Waals surface area contributed by atoms with Gasteiger partial charge in [-0.15, -0.1) is 0 Å². The first-order chi connectivity index (χ1) is 13.0. The van der Waals surface area contributed by atoms with Crippen LogP contribution in [0.2, 0.25) is 5.02 Å². The molecule has 8 heteroatoms. The Hall–Kier alpha value is -3.06. The Kier molecular flexibility index (Phi) is 7.63. The predicted molar refractivity (Wildman–Crippen MR) is 102 cm³/mol. The number of methoxy groups -OCH3 is 1. The molecule has 7 nitrogen and oxygen atoms in total. The van der Waals surface area contributed by atoms with Crippen LogP contribution in [0.1, 0.15) is 11.1 Å². The normalized spacial score (nSPS) is 10.5. The molecule has 2 aromatic rings. The van der Waals surface area contributed by atoms with Crippen LogP contribution in [0, 0.1) is 6.92 Å². The van der Waals surface area contributed by atoms with Gasteiger partial charge in [0.05, 0.1) is 13.3 Å². The minimum atomic E-state index is -0.708. The Bertz CT molecular complexity index is 821. The summed E-state index contributed by atoms with van der Waals surface area (Å²) in [6, 6.07) is 12.2. The molecule has 2 aromatic carbocycles. The Morgan fingerprint density at radius 2 is 1.89 bits per heavy atom. The standard InChI is InChI=1S/C19H19ClN2O5/c1-13-3-6-15(20)9-17(13)22-18(23)11-26-19(24)12-27-21-10-14-4-7-16(25-2)8-5-14/h3-10H,11-12H2,1-2H3,(H,22,23)/b21-10-. The molecule has 2 rings (SSSR count). The van der Waals surface area contributed by atoms with Crippen molar-refractivity contribution in [3.8, 4) is 5.75 Å². The molecular weight excluding hydrogens is 372 g/mol. The summed E-state index contributed by atoms with van der Waals surface area (Å²) in [5.74, 6) is -0.460. The lowest BCUT2D eigenvalue weighted by Crippen LogP contribution is -2.22. The van der Waals surface area contributed by atoms with Crippen LogP contribution in [-0.4, -0.2) is 38.4 Å². The van der Waals surface area contributed by atoms with Crippen molar-refractivity contribution in [2.45, 2.75) is 6.92 Å².